The second-order valence-electron chi connectivity index (χ2n) is 8.00. The summed E-state index contributed by atoms with van der Waals surface area (Å²) in [5.41, 5.74) is 4.40. The van der Waals surface area contributed by atoms with E-state index in [-0.39, 0.29) is 12.2 Å². The van der Waals surface area contributed by atoms with Crippen molar-refractivity contribution in [2.45, 2.75) is 57.4 Å². The Morgan fingerprint density at radius 1 is 1.25 bits per heavy atom. The largest absolute Gasteiger partial charge is 0.395 e. The van der Waals surface area contributed by atoms with Crippen LogP contribution in [-0.2, 0) is 17.8 Å². The van der Waals surface area contributed by atoms with Crippen molar-refractivity contribution in [3.05, 3.63) is 16.8 Å². The summed E-state index contributed by atoms with van der Waals surface area (Å²) in [6.07, 6.45) is 2.82. The quantitative estimate of drug-likeness (QED) is 0.471. The Labute approximate surface area is 173 Å². The Bertz CT molecular complexity index is 1050. The molecule has 0 bridgehead atoms. The van der Waals surface area contributed by atoms with E-state index in [1.54, 1.807) is 11.3 Å². The molecule has 0 radical (unpaired) electrons. The molecular formula is C20H26N4O2S2. The number of hydrogen-bond donors (Lipinski definition) is 2. The van der Waals surface area contributed by atoms with Crippen LogP contribution in [0.3, 0.4) is 0 Å². The fraction of sp³-hybridized carbons (Fsp3) is 0.550. The van der Waals surface area contributed by atoms with E-state index in [0.29, 0.717) is 19.1 Å². The van der Waals surface area contributed by atoms with E-state index in [9.17, 15) is 5.11 Å². The highest BCUT2D eigenvalue weighted by atomic mass is 32.2. The monoisotopic (exact) mass is 418 g/mol. The lowest BCUT2D eigenvalue weighted by Crippen LogP contribution is -2.32. The summed E-state index contributed by atoms with van der Waals surface area (Å²) < 4.78 is 7.13. The number of rotatable bonds is 5. The standard InChI is InChI=1S/C20H26N4O2S2/c1-10(2)14-12-9-26-20(3,4)8-11(12)13-15-16(28-18(13)22-14)17(21-6-7-25)24-19(23-15)27-5/h10,25H,6-9H2,1-5H3,(H,21,23,24). The van der Waals surface area contributed by atoms with Crippen LogP contribution in [0, 0.1) is 0 Å². The fourth-order valence-electron chi connectivity index (χ4n) is 3.74. The molecule has 3 aromatic rings. The predicted octanol–water partition coefficient (Wildman–Crippen LogP) is 4.34. The molecule has 0 spiro atoms. The van der Waals surface area contributed by atoms with Gasteiger partial charge in [-0.1, -0.05) is 25.6 Å². The van der Waals surface area contributed by atoms with Crippen molar-refractivity contribution in [1.29, 1.82) is 0 Å². The van der Waals surface area contributed by atoms with Crippen molar-refractivity contribution >= 4 is 49.3 Å². The van der Waals surface area contributed by atoms with Gasteiger partial charge in [0, 0.05) is 23.9 Å². The first-order chi connectivity index (χ1) is 13.3. The number of fused-ring (bicyclic) bond motifs is 5. The molecule has 3 aromatic heterocycles. The van der Waals surface area contributed by atoms with Crippen molar-refractivity contribution in [2.75, 3.05) is 24.7 Å². The highest BCUT2D eigenvalue weighted by Gasteiger charge is 2.32. The van der Waals surface area contributed by atoms with Gasteiger partial charge in [-0.3, -0.25) is 0 Å². The van der Waals surface area contributed by atoms with E-state index in [2.05, 4.69) is 38.0 Å². The van der Waals surface area contributed by atoms with Crippen LogP contribution in [-0.4, -0.2) is 45.1 Å². The SMILES string of the molecule is CSc1nc(NCCO)c2sc3nc(C(C)C)c4c(c3c2n1)CC(C)(C)OC4. The lowest BCUT2D eigenvalue weighted by atomic mass is 9.87. The summed E-state index contributed by atoms with van der Waals surface area (Å²) in [5.74, 6) is 1.10. The molecular weight excluding hydrogens is 392 g/mol. The fourth-order valence-corrected chi connectivity index (χ4v) is 5.22. The van der Waals surface area contributed by atoms with E-state index in [4.69, 9.17) is 14.7 Å². The van der Waals surface area contributed by atoms with Gasteiger partial charge in [-0.2, -0.15) is 0 Å². The van der Waals surface area contributed by atoms with E-state index in [1.165, 1.54) is 22.9 Å². The minimum Gasteiger partial charge on any atom is -0.395 e. The molecule has 0 saturated carbocycles. The summed E-state index contributed by atoms with van der Waals surface area (Å²) >= 11 is 3.16. The summed E-state index contributed by atoms with van der Waals surface area (Å²) in [6, 6.07) is 0. The maximum Gasteiger partial charge on any atom is 0.189 e. The number of aliphatic hydroxyl groups excluding tert-OH is 1. The normalized spacial score (nSPS) is 16.1. The summed E-state index contributed by atoms with van der Waals surface area (Å²) in [4.78, 5) is 15.5. The van der Waals surface area contributed by atoms with Crippen LogP contribution in [0.1, 0.15) is 50.4 Å². The number of aliphatic hydroxyl groups is 1. The van der Waals surface area contributed by atoms with Crippen LogP contribution in [0.15, 0.2) is 5.16 Å². The van der Waals surface area contributed by atoms with Gasteiger partial charge in [-0.25, -0.2) is 15.0 Å². The maximum absolute atomic E-state index is 9.25. The van der Waals surface area contributed by atoms with Gasteiger partial charge in [-0.15, -0.1) is 11.3 Å². The van der Waals surface area contributed by atoms with Gasteiger partial charge < -0.3 is 15.2 Å². The number of aromatic nitrogens is 3. The van der Waals surface area contributed by atoms with Crippen molar-refractivity contribution < 1.29 is 9.84 Å². The minimum atomic E-state index is -0.211. The molecule has 1 aliphatic rings. The zero-order valence-electron chi connectivity index (χ0n) is 16.9. The first kappa shape index (κ1) is 19.8. The second-order valence-corrected chi connectivity index (χ2v) is 9.78. The van der Waals surface area contributed by atoms with Crippen LogP contribution in [0.2, 0.25) is 0 Å². The topological polar surface area (TPSA) is 80.2 Å². The van der Waals surface area contributed by atoms with Gasteiger partial charge >= 0.3 is 0 Å². The van der Waals surface area contributed by atoms with Gasteiger partial charge in [0.2, 0.25) is 0 Å². The molecule has 28 heavy (non-hydrogen) atoms. The second kappa shape index (κ2) is 7.40. The van der Waals surface area contributed by atoms with E-state index < -0.39 is 0 Å². The minimum absolute atomic E-state index is 0.0572. The highest BCUT2D eigenvalue weighted by Crippen LogP contribution is 2.43. The number of thiophene rings is 1. The summed E-state index contributed by atoms with van der Waals surface area (Å²) in [7, 11) is 0. The number of ether oxygens (including phenoxy) is 1. The van der Waals surface area contributed by atoms with Gasteiger partial charge in [0.25, 0.3) is 0 Å². The van der Waals surface area contributed by atoms with Gasteiger partial charge in [-0.05, 0) is 31.6 Å². The zero-order chi connectivity index (χ0) is 20.1. The number of nitrogens with one attached hydrogen (secondary N) is 1. The first-order valence-corrected chi connectivity index (χ1v) is 11.6. The summed E-state index contributed by atoms with van der Waals surface area (Å²) in [6.45, 7) is 9.75. The molecule has 0 atom stereocenters. The molecule has 4 heterocycles. The van der Waals surface area contributed by atoms with Crippen molar-refractivity contribution in [3.63, 3.8) is 0 Å². The number of thioether (sulfide) groups is 1. The average Bonchev–Trinajstić information content (AvgIpc) is 3.03. The predicted molar refractivity (Wildman–Crippen MR) is 117 cm³/mol. The lowest BCUT2D eigenvalue weighted by Gasteiger charge is -2.33. The van der Waals surface area contributed by atoms with Crippen molar-refractivity contribution in [1.82, 2.24) is 15.0 Å². The first-order valence-electron chi connectivity index (χ1n) is 9.53. The summed E-state index contributed by atoms with van der Waals surface area (Å²) in [5, 5.41) is 14.4. The Morgan fingerprint density at radius 3 is 2.71 bits per heavy atom. The molecule has 8 heteroatoms. The molecule has 0 fully saturated rings. The van der Waals surface area contributed by atoms with Gasteiger partial charge in [0.15, 0.2) is 5.16 Å². The third-order valence-corrected chi connectivity index (χ3v) is 6.66. The Balaban J connectivity index is 2.07. The molecule has 150 valence electrons. The molecule has 0 amide bonds. The Hall–Kier alpha value is -1.48. The third kappa shape index (κ3) is 3.36. The maximum atomic E-state index is 9.25. The van der Waals surface area contributed by atoms with Crippen LogP contribution in [0.25, 0.3) is 20.4 Å². The van der Waals surface area contributed by atoms with E-state index in [0.717, 1.165) is 43.5 Å². The molecule has 0 aromatic carbocycles. The molecule has 1 aliphatic heterocycles. The van der Waals surface area contributed by atoms with Crippen LogP contribution < -0.4 is 5.32 Å². The van der Waals surface area contributed by atoms with Crippen molar-refractivity contribution in [2.24, 2.45) is 0 Å². The highest BCUT2D eigenvalue weighted by molar-refractivity contribution is 7.98. The van der Waals surface area contributed by atoms with Crippen LogP contribution >= 0.6 is 23.1 Å². The molecule has 2 N–H and O–H groups in total. The molecule has 0 unspecified atom stereocenters. The Kier molecular flexibility index (Phi) is 5.24. The van der Waals surface area contributed by atoms with Crippen LogP contribution in [0.5, 0.6) is 0 Å². The van der Waals surface area contributed by atoms with E-state index >= 15 is 0 Å². The number of pyridine rings is 1. The average molecular weight is 419 g/mol. The molecule has 6 nitrogen and oxygen atoms in total. The van der Waals surface area contributed by atoms with Crippen molar-refractivity contribution in [3.8, 4) is 0 Å². The zero-order valence-corrected chi connectivity index (χ0v) is 18.6. The molecule has 0 saturated heterocycles. The number of nitrogens with zero attached hydrogens (tertiary/aromatic N) is 3. The number of hydrogen-bond acceptors (Lipinski definition) is 8. The number of anilines is 1. The third-order valence-electron chi connectivity index (χ3n) is 5.04. The van der Waals surface area contributed by atoms with Gasteiger partial charge in [0.05, 0.1) is 34.7 Å². The Morgan fingerprint density at radius 2 is 2.04 bits per heavy atom. The van der Waals surface area contributed by atoms with Gasteiger partial charge in [0.1, 0.15) is 10.6 Å². The lowest BCUT2D eigenvalue weighted by molar-refractivity contribution is -0.0402. The molecule has 0 aliphatic carbocycles. The molecule has 4 rings (SSSR count). The smallest absolute Gasteiger partial charge is 0.189 e. The van der Waals surface area contributed by atoms with Crippen LogP contribution in [0.4, 0.5) is 5.82 Å². The van der Waals surface area contributed by atoms with E-state index in [1.807, 2.05) is 6.26 Å².